The average molecular weight is 358 g/mol. The first-order chi connectivity index (χ1) is 10.2. The molecule has 104 valence electrons. The monoisotopic (exact) mass is 357 g/mol. The molecular formula is C16H12BrN3S. The number of hydrogen-bond donors (Lipinski definition) is 1. The quantitative estimate of drug-likeness (QED) is 0.722. The molecule has 5 heteroatoms. The fourth-order valence-corrected chi connectivity index (χ4v) is 3.10. The van der Waals surface area contributed by atoms with E-state index in [2.05, 4.69) is 33.2 Å². The van der Waals surface area contributed by atoms with Gasteiger partial charge in [-0.2, -0.15) is 5.10 Å². The normalized spacial score (nSPS) is 10.5. The fourth-order valence-electron chi connectivity index (χ4n) is 2.18. The number of halogens is 1. The van der Waals surface area contributed by atoms with Crippen LogP contribution in [-0.2, 0) is 0 Å². The third kappa shape index (κ3) is 2.75. The SMILES string of the molecule is NC(=S)c1c(Br)cccc1-n1cc(-c2ccccc2)cn1. The van der Waals surface area contributed by atoms with Gasteiger partial charge in [-0.05, 0) is 33.6 Å². The van der Waals surface area contributed by atoms with E-state index in [1.807, 2.05) is 48.8 Å². The largest absolute Gasteiger partial charge is 0.389 e. The number of hydrogen-bond acceptors (Lipinski definition) is 2. The van der Waals surface area contributed by atoms with E-state index in [4.69, 9.17) is 18.0 Å². The molecule has 0 radical (unpaired) electrons. The number of nitrogens with zero attached hydrogens (tertiary/aromatic N) is 2. The molecule has 0 spiro atoms. The highest BCUT2D eigenvalue weighted by Gasteiger charge is 2.12. The van der Waals surface area contributed by atoms with Crippen LogP contribution in [0, 0.1) is 0 Å². The van der Waals surface area contributed by atoms with Gasteiger partial charge in [0.25, 0.3) is 0 Å². The van der Waals surface area contributed by atoms with Crippen LogP contribution in [0.2, 0.25) is 0 Å². The number of benzene rings is 2. The lowest BCUT2D eigenvalue weighted by atomic mass is 10.1. The molecule has 0 atom stereocenters. The molecule has 2 N–H and O–H groups in total. The minimum Gasteiger partial charge on any atom is -0.389 e. The maximum atomic E-state index is 5.83. The first kappa shape index (κ1) is 14.0. The fraction of sp³-hybridized carbons (Fsp3) is 0. The zero-order chi connectivity index (χ0) is 14.8. The molecule has 0 aliphatic heterocycles. The highest BCUT2D eigenvalue weighted by molar-refractivity contribution is 9.10. The van der Waals surface area contributed by atoms with Gasteiger partial charge < -0.3 is 5.73 Å². The first-order valence-electron chi connectivity index (χ1n) is 6.35. The molecule has 2 aromatic carbocycles. The van der Waals surface area contributed by atoms with E-state index in [1.165, 1.54) is 0 Å². The zero-order valence-corrected chi connectivity index (χ0v) is 13.4. The smallest absolute Gasteiger partial charge is 0.107 e. The maximum Gasteiger partial charge on any atom is 0.107 e. The van der Waals surface area contributed by atoms with E-state index in [9.17, 15) is 0 Å². The summed E-state index contributed by atoms with van der Waals surface area (Å²) in [6.45, 7) is 0. The van der Waals surface area contributed by atoms with Crippen molar-refractivity contribution < 1.29 is 0 Å². The van der Waals surface area contributed by atoms with E-state index in [1.54, 1.807) is 4.68 Å². The van der Waals surface area contributed by atoms with Crippen LogP contribution >= 0.6 is 28.1 Å². The molecular weight excluding hydrogens is 346 g/mol. The van der Waals surface area contributed by atoms with Gasteiger partial charge in [0.15, 0.2) is 0 Å². The molecule has 21 heavy (non-hydrogen) atoms. The van der Waals surface area contributed by atoms with Gasteiger partial charge in [-0.3, -0.25) is 0 Å². The summed E-state index contributed by atoms with van der Waals surface area (Å²) in [7, 11) is 0. The lowest BCUT2D eigenvalue weighted by Gasteiger charge is -2.10. The van der Waals surface area contributed by atoms with E-state index >= 15 is 0 Å². The Kier molecular flexibility index (Phi) is 3.86. The van der Waals surface area contributed by atoms with Crippen LogP contribution < -0.4 is 5.73 Å². The maximum absolute atomic E-state index is 5.83. The molecule has 0 amide bonds. The molecule has 3 nitrogen and oxygen atoms in total. The second-order valence-corrected chi connectivity index (χ2v) is 5.83. The summed E-state index contributed by atoms with van der Waals surface area (Å²) in [6, 6.07) is 15.9. The summed E-state index contributed by atoms with van der Waals surface area (Å²) < 4.78 is 2.66. The van der Waals surface area contributed by atoms with Gasteiger partial charge in [-0.25, -0.2) is 4.68 Å². The van der Waals surface area contributed by atoms with Gasteiger partial charge in [-0.15, -0.1) is 0 Å². The molecule has 3 aromatic rings. The summed E-state index contributed by atoms with van der Waals surface area (Å²) in [6.07, 6.45) is 3.80. The lowest BCUT2D eigenvalue weighted by Crippen LogP contribution is -2.14. The Labute approximate surface area is 136 Å². The molecule has 0 saturated heterocycles. The van der Waals surface area contributed by atoms with Gasteiger partial charge in [-0.1, -0.05) is 48.6 Å². The Hall–Kier alpha value is -1.98. The number of rotatable bonds is 3. The lowest BCUT2D eigenvalue weighted by molar-refractivity contribution is 0.878. The van der Waals surface area contributed by atoms with Crippen molar-refractivity contribution in [2.24, 2.45) is 5.73 Å². The Morgan fingerprint density at radius 2 is 1.81 bits per heavy atom. The van der Waals surface area contributed by atoms with Crippen LogP contribution in [0.25, 0.3) is 16.8 Å². The van der Waals surface area contributed by atoms with Crippen molar-refractivity contribution in [1.82, 2.24) is 9.78 Å². The van der Waals surface area contributed by atoms with Crippen molar-refractivity contribution in [3.05, 3.63) is 71.0 Å². The van der Waals surface area contributed by atoms with E-state index in [0.29, 0.717) is 4.99 Å². The third-order valence-corrected chi connectivity index (χ3v) is 4.04. The van der Waals surface area contributed by atoms with Crippen LogP contribution in [0.15, 0.2) is 65.4 Å². The van der Waals surface area contributed by atoms with Crippen LogP contribution in [0.1, 0.15) is 5.56 Å². The van der Waals surface area contributed by atoms with Crippen molar-refractivity contribution in [1.29, 1.82) is 0 Å². The molecule has 0 saturated carbocycles. The summed E-state index contributed by atoms with van der Waals surface area (Å²) in [5.41, 5.74) is 9.65. The van der Waals surface area contributed by atoms with Crippen LogP contribution in [-0.4, -0.2) is 14.8 Å². The first-order valence-corrected chi connectivity index (χ1v) is 7.56. The molecule has 1 heterocycles. The van der Waals surface area contributed by atoms with Crippen molar-refractivity contribution in [2.45, 2.75) is 0 Å². The molecule has 3 rings (SSSR count). The van der Waals surface area contributed by atoms with Gasteiger partial charge in [0.1, 0.15) is 4.99 Å². The Bertz CT molecular complexity index is 796. The highest BCUT2D eigenvalue weighted by Crippen LogP contribution is 2.25. The average Bonchev–Trinajstić information content (AvgIpc) is 2.97. The zero-order valence-electron chi connectivity index (χ0n) is 11.0. The molecule has 1 aromatic heterocycles. The summed E-state index contributed by atoms with van der Waals surface area (Å²) in [4.78, 5) is 0.342. The second-order valence-electron chi connectivity index (χ2n) is 4.54. The van der Waals surface area contributed by atoms with Crippen LogP contribution in [0.4, 0.5) is 0 Å². The Morgan fingerprint density at radius 3 is 2.52 bits per heavy atom. The third-order valence-electron chi connectivity index (χ3n) is 3.17. The molecule has 0 aliphatic carbocycles. The van der Waals surface area contributed by atoms with Crippen molar-refractivity contribution >= 4 is 33.1 Å². The summed E-state index contributed by atoms with van der Waals surface area (Å²) in [5, 5.41) is 4.43. The van der Waals surface area contributed by atoms with Gasteiger partial charge >= 0.3 is 0 Å². The Morgan fingerprint density at radius 1 is 1.05 bits per heavy atom. The van der Waals surface area contributed by atoms with Crippen molar-refractivity contribution in [3.63, 3.8) is 0 Å². The Balaban J connectivity index is 2.09. The molecule has 0 aliphatic rings. The van der Waals surface area contributed by atoms with Crippen LogP contribution in [0.3, 0.4) is 0 Å². The summed E-state index contributed by atoms with van der Waals surface area (Å²) >= 11 is 8.63. The standard InChI is InChI=1S/C16H12BrN3S/c17-13-7-4-8-14(15(13)16(18)21)20-10-12(9-19-20)11-5-2-1-3-6-11/h1-10H,(H2,18,21). The summed E-state index contributed by atoms with van der Waals surface area (Å²) in [5.74, 6) is 0. The minimum atomic E-state index is 0.342. The molecule has 0 unspecified atom stereocenters. The number of thiocarbonyl (C=S) groups is 1. The second kappa shape index (κ2) is 5.79. The highest BCUT2D eigenvalue weighted by atomic mass is 79.9. The van der Waals surface area contributed by atoms with Gasteiger partial charge in [0, 0.05) is 21.8 Å². The van der Waals surface area contributed by atoms with Crippen molar-refractivity contribution in [2.75, 3.05) is 0 Å². The van der Waals surface area contributed by atoms with Crippen molar-refractivity contribution in [3.8, 4) is 16.8 Å². The predicted octanol–water partition coefficient (Wildman–Crippen LogP) is 3.94. The van der Waals surface area contributed by atoms with E-state index in [0.717, 1.165) is 26.9 Å². The molecule has 0 bridgehead atoms. The number of aromatic nitrogens is 2. The van der Waals surface area contributed by atoms with E-state index < -0.39 is 0 Å². The van der Waals surface area contributed by atoms with Crippen LogP contribution in [0.5, 0.6) is 0 Å². The predicted molar refractivity (Wildman–Crippen MR) is 92.6 cm³/mol. The minimum absolute atomic E-state index is 0.342. The molecule has 0 fully saturated rings. The van der Waals surface area contributed by atoms with Gasteiger partial charge in [0.05, 0.1) is 11.9 Å². The number of nitrogens with two attached hydrogens (primary N) is 1. The van der Waals surface area contributed by atoms with E-state index in [-0.39, 0.29) is 0 Å². The topological polar surface area (TPSA) is 43.8 Å². The van der Waals surface area contributed by atoms with Gasteiger partial charge in [0.2, 0.25) is 0 Å².